The fourth-order valence-electron chi connectivity index (χ4n) is 1.51. The molecule has 1 atom stereocenters. The van der Waals surface area contributed by atoms with Crippen molar-refractivity contribution in [2.45, 2.75) is 33.2 Å². The summed E-state index contributed by atoms with van der Waals surface area (Å²) in [5.74, 6) is 1.70. The molecule has 0 aliphatic rings. The molecule has 0 aliphatic carbocycles. The third kappa shape index (κ3) is 3.49. The smallest absolute Gasteiger partial charge is 0.148 e. The van der Waals surface area contributed by atoms with Gasteiger partial charge in [0.15, 0.2) is 0 Å². The third-order valence-corrected chi connectivity index (χ3v) is 1.93. The van der Waals surface area contributed by atoms with E-state index in [1.165, 1.54) is 6.42 Å². The lowest BCUT2D eigenvalue weighted by Crippen LogP contribution is -2.17. The first-order chi connectivity index (χ1) is 6.08. The standard InChI is InChI=1S/C10H19N3/c1-8(2)7-9(3)11-10-5-6-13(4)12-10/h5-6,8-9H,7H2,1-4H3,(H,11,12)/t9-/m0/s1. The van der Waals surface area contributed by atoms with E-state index in [1.54, 1.807) is 0 Å². The van der Waals surface area contributed by atoms with E-state index in [0.717, 1.165) is 11.7 Å². The van der Waals surface area contributed by atoms with Gasteiger partial charge in [-0.25, -0.2) is 0 Å². The van der Waals surface area contributed by atoms with E-state index < -0.39 is 0 Å². The highest BCUT2D eigenvalue weighted by Crippen LogP contribution is 2.09. The van der Waals surface area contributed by atoms with Crippen molar-refractivity contribution in [3.8, 4) is 0 Å². The molecule has 0 saturated heterocycles. The average Bonchev–Trinajstić information content (AvgIpc) is 2.33. The van der Waals surface area contributed by atoms with E-state index in [4.69, 9.17) is 0 Å². The second-order valence-electron chi connectivity index (χ2n) is 4.05. The molecule has 0 aliphatic heterocycles. The van der Waals surface area contributed by atoms with Gasteiger partial charge in [0.25, 0.3) is 0 Å². The van der Waals surface area contributed by atoms with Crippen LogP contribution in [-0.2, 0) is 7.05 Å². The van der Waals surface area contributed by atoms with Crippen LogP contribution in [0.15, 0.2) is 12.3 Å². The molecule has 13 heavy (non-hydrogen) atoms. The fraction of sp³-hybridized carbons (Fsp3) is 0.700. The average molecular weight is 181 g/mol. The number of aromatic nitrogens is 2. The number of hydrogen-bond donors (Lipinski definition) is 1. The van der Waals surface area contributed by atoms with Gasteiger partial charge in [-0.05, 0) is 19.3 Å². The first kappa shape index (κ1) is 10.1. The van der Waals surface area contributed by atoms with Crippen LogP contribution in [0.25, 0.3) is 0 Å². The Balaban J connectivity index is 2.40. The number of nitrogens with zero attached hydrogens (tertiary/aromatic N) is 2. The largest absolute Gasteiger partial charge is 0.366 e. The van der Waals surface area contributed by atoms with E-state index in [0.29, 0.717) is 6.04 Å². The molecule has 1 N–H and O–H groups in total. The van der Waals surface area contributed by atoms with Crippen LogP contribution in [0.2, 0.25) is 0 Å². The first-order valence-electron chi connectivity index (χ1n) is 4.84. The molecule has 74 valence electrons. The molecular formula is C10H19N3. The summed E-state index contributed by atoms with van der Waals surface area (Å²) in [6.45, 7) is 6.65. The Kier molecular flexibility index (Phi) is 3.34. The van der Waals surface area contributed by atoms with Gasteiger partial charge in [0.05, 0.1) is 0 Å². The predicted octanol–water partition coefficient (Wildman–Crippen LogP) is 2.27. The molecule has 1 aromatic rings. The van der Waals surface area contributed by atoms with Gasteiger partial charge in [0.2, 0.25) is 0 Å². The zero-order chi connectivity index (χ0) is 9.84. The SMILES string of the molecule is CC(C)C[C@H](C)Nc1ccn(C)n1. The Bertz CT molecular complexity index is 252. The van der Waals surface area contributed by atoms with Crippen LogP contribution in [0.5, 0.6) is 0 Å². The quantitative estimate of drug-likeness (QED) is 0.772. The summed E-state index contributed by atoms with van der Waals surface area (Å²) >= 11 is 0. The van der Waals surface area contributed by atoms with Crippen molar-refractivity contribution in [3.05, 3.63) is 12.3 Å². The molecule has 0 unspecified atom stereocenters. The molecule has 0 saturated carbocycles. The molecule has 3 heteroatoms. The summed E-state index contributed by atoms with van der Waals surface area (Å²) in [6, 6.07) is 2.49. The number of anilines is 1. The molecule has 0 radical (unpaired) electrons. The Morgan fingerprint density at radius 3 is 2.62 bits per heavy atom. The van der Waals surface area contributed by atoms with Crippen LogP contribution in [0.1, 0.15) is 27.2 Å². The van der Waals surface area contributed by atoms with Gasteiger partial charge in [-0.2, -0.15) is 5.10 Å². The second-order valence-corrected chi connectivity index (χ2v) is 4.05. The van der Waals surface area contributed by atoms with Crippen molar-refractivity contribution in [1.82, 2.24) is 9.78 Å². The highest BCUT2D eigenvalue weighted by molar-refractivity contribution is 5.33. The van der Waals surface area contributed by atoms with Crippen molar-refractivity contribution < 1.29 is 0 Å². The van der Waals surface area contributed by atoms with Crippen molar-refractivity contribution in [3.63, 3.8) is 0 Å². The van der Waals surface area contributed by atoms with Gasteiger partial charge in [-0.3, -0.25) is 4.68 Å². The lowest BCUT2D eigenvalue weighted by Gasteiger charge is -2.14. The van der Waals surface area contributed by atoms with Crippen molar-refractivity contribution in [1.29, 1.82) is 0 Å². The van der Waals surface area contributed by atoms with E-state index in [9.17, 15) is 0 Å². The summed E-state index contributed by atoms with van der Waals surface area (Å²) in [5.41, 5.74) is 0. The molecule has 3 nitrogen and oxygen atoms in total. The van der Waals surface area contributed by atoms with Crippen molar-refractivity contribution in [2.75, 3.05) is 5.32 Å². The maximum atomic E-state index is 4.26. The summed E-state index contributed by atoms with van der Waals surface area (Å²) in [4.78, 5) is 0. The number of nitrogens with one attached hydrogen (secondary N) is 1. The Labute approximate surface area is 80.1 Å². The lowest BCUT2D eigenvalue weighted by molar-refractivity contribution is 0.538. The van der Waals surface area contributed by atoms with Gasteiger partial charge >= 0.3 is 0 Å². The summed E-state index contributed by atoms with van der Waals surface area (Å²) in [7, 11) is 1.93. The number of hydrogen-bond acceptors (Lipinski definition) is 2. The monoisotopic (exact) mass is 181 g/mol. The zero-order valence-corrected chi connectivity index (χ0v) is 8.91. The zero-order valence-electron chi connectivity index (χ0n) is 8.91. The molecule has 1 heterocycles. The Hall–Kier alpha value is -0.990. The van der Waals surface area contributed by atoms with Crippen LogP contribution >= 0.6 is 0 Å². The van der Waals surface area contributed by atoms with Gasteiger partial charge in [0.1, 0.15) is 5.82 Å². The number of aryl methyl sites for hydroxylation is 1. The minimum absolute atomic E-state index is 0.495. The number of rotatable bonds is 4. The Morgan fingerprint density at radius 1 is 1.46 bits per heavy atom. The molecule has 1 aromatic heterocycles. The van der Waals surface area contributed by atoms with Crippen molar-refractivity contribution in [2.24, 2.45) is 13.0 Å². The maximum absolute atomic E-state index is 4.26. The minimum Gasteiger partial charge on any atom is -0.366 e. The lowest BCUT2D eigenvalue weighted by atomic mass is 10.1. The first-order valence-corrected chi connectivity index (χ1v) is 4.84. The molecule has 0 spiro atoms. The molecule has 0 fully saturated rings. The van der Waals surface area contributed by atoms with E-state index in [2.05, 4.69) is 31.2 Å². The topological polar surface area (TPSA) is 29.9 Å². The molecule has 1 rings (SSSR count). The fourth-order valence-corrected chi connectivity index (χ4v) is 1.51. The van der Waals surface area contributed by atoms with E-state index in [1.807, 2.05) is 24.0 Å². The Morgan fingerprint density at radius 2 is 2.15 bits per heavy atom. The van der Waals surface area contributed by atoms with E-state index >= 15 is 0 Å². The van der Waals surface area contributed by atoms with Crippen LogP contribution in [0.3, 0.4) is 0 Å². The van der Waals surface area contributed by atoms with Gasteiger partial charge in [0, 0.05) is 25.4 Å². The molecular weight excluding hydrogens is 162 g/mol. The summed E-state index contributed by atoms with van der Waals surface area (Å²) in [5, 5.41) is 7.63. The third-order valence-electron chi connectivity index (χ3n) is 1.93. The molecule has 0 bridgehead atoms. The van der Waals surface area contributed by atoms with Gasteiger partial charge in [-0.1, -0.05) is 13.8 Å². The normalized spacial score (nSPS) is 13.3. The highest BCUT2D eigenvalue weighted by atomic mass is 15.3. The second kappa shape index (κ2) is 4.30. The predicted molar refractivity (Wildman–Crippen MR) is 55.7 cm³/mol. The molecule has 0 aromatic carbocycles. The summed E-state index contributed by atoms with van der Waals surface area (Å²) < 4.78 is 1.81. The maximum Gasteiger partial charge on any atom is 0.148 e. The van der Waals surface area contributed by atoms with Crippen molar-refractivity contribution >= 4 is 5.82 Å². The van der Waals surface area contributed by atoms with Gasteiger partial charge < -0.3 is 5.32 Å². The molecule has 0 amide bonds. The minimum atomic E-state index is 0.495. The van der Waals surface area contributed by atoms with E-state index in [-0.39, 0.29) is 0 Å². The van der Waals surface area contributed by atoms with Crippen LogP contribution in [0.4, 0.5) is 5.82 Å². The van der Waals surface area contributed by atoms with Crippen LogP contribution in [-0.4, -0.2) is 15.8 Å². The van der Waals surface area contributed by atoms with Crippen LogP contribution < -0.4 is 5.32 Å². The summed E-state index contributed by atoms with van der Waals surface area (Å²) in [6.07, 6.45) is 3.13. The van der Waals surface area contributed by atoms with Gasteiger partial charge in [-0.15, -0.1) is 0 Å². The highest BCUT2D eigenvalue weighted by Gasteiger charge is 2.05. The van der Waals surface area contributed by atoms with Crippen LogP contribution in [0, 0.1) is 5.92 Å².